The van der Waals surface area contributed by atoms with Gasteiger partial charge in [-0.2, -0.15) is 0 Å². The summed E-state index contributed by atoms with van der Waals surface area (Å²) >= 11 is 2.88. The second-order valence-electron chi connectivity index (χ2n) is 6.23. The fraction of sp³-hybridized carbons (Fsp3) is 0.150. The molecule has 7 nitrogen and oxygen atoms in total. The van der Waals surface area contributed by atoms with Crippen LogP contribution >= 0.6 is 23.1 Å². The summed E-state index contributed by atoms with van der Waals surface area (Å²) in [4.78, 5) is 20.8. The molecule has 0 saturated carbocycles. The van der Waals surface area contributed by atoms with Gasteiger partial charge in [-0.3, -0.25) is 9.78 Å². The van der Waals surface area contributed by atoms with Crippen molar-refractivity contribution in [2.75, 3.05) is 5.32 Å². The average molecular weight is 424 g/mol. The van der Waals surface area contributed by atoms with Crippen LogP contribution < -0.4 is 5.32 Å². The van der Waals surface area contributed by atoms with Crippen LogP contribution in [0.4, 0.5) is 5.69 Å². The van der Waals surface area contributed by atoms with Gasteiger partial charge in [0, 0.05) is 29.2 Å². The fourth-order valence-electron chi connectivity index (χ4n) is 2.49. The van der Waals surface area contributed by atoms with Crippen molar-refractivity contribution in [3.8, 4) is 11.5 Å². The molecule has 0 unspecified atom stereocenters. The number of pyridine rings is 1. The molecule has 4 aromatic rings. The number of rotatable bonds is 7. The molecule has 3 heterocycles. The Hall–Kier alpha value is -3.04. The standard InChI is InChI=1S/C20H17N5O2S2/c1-13-4-6-15(7-5-13)22-17(26)9-18-23-16(11-28-18)12-29-20-25-24-19(27-20)14-3-2-8-21-10-14/h2-8,10-11H,9,12H2,1H3,(H,22,26). The Kier molecular flexibility index (Phi) is 5.97. The van der Waals surface area contributed by atoms with E-state index in [4.69, 9.17) is 4.42 Å². The molecule has 0 saturated heterocycles. The number of anilines is 1. The zero-order chi connectivity index (χ0) is 20.1. The smallest absolute Gasteiger partial charge is 0.277 e. The molecule has 1 aromatic carbocycles. The predicted molar refractivity (Wildman–Crippen MR) is 113 cm³/mol. The number of nitrogens with one attached hydrogen (secondary N) is 1. The van der Waals surface area contributed by atoms with E-state index in [9.17, 15) is 4.79 Å². The number of carbonyl (C=O) groups is 1. The minimum atomic E-state index is -0.0829. The highest BCUT2D eigenvalue weighted by molar-refractivity contribution is 7.98. The molecule has 1 amide bonds. The molecule has 1 N–H and O–H groups in total. The lowest BCUT2D eigenvalue weighted by Gasteiger charge is -2.04. The van der Waals surface area contributed by atoms with Gasteiger partial charge in [0.2, 0.25) is 11.8 Å². The minimum absolute atomic E-state index is 0.0829. The van der Waals surface area contributed by atoms with Crippen LogP contribution in [0.25, 0.3) is 11.5 Å². The van der Waals surface area contributed by atoms with Crippen LogP contribution in [0.1, 0.15) is 16.3 Å². The number of thioether (sulfide) groups is 1. The normalized spacial score (nSPS) is 10.8. The maximum absolute atomic E-state index is 12.2. The van der Waals surface area contributed by atoms with Gasteiger partial charge in [-0.15, -0.1) is 21.5 Å². The summed E-state index contributed by atoms with van der Waals surface area (Å²) < 4.78 is 5.65. The summed E-state index contributed by atoms with van der Waals surface area (Å²) in [6, 6.07) is 11.4. The predicted octanol–water partition coefficient (Wildman–Crippen LogP) is 4.37. The zero-order valence-corrected chi connectivity index (χ0v) is 17.2. The summed E-state index contributed by atoms with van der Waals surface area (Å²) in [5, 5.41) is 14.2. The second-order valence-corrected chi connectivity index (χ2v) is 8.10. The number of nitrogens with zero attached hydrogens (tertiary/aromatic N) is 4. The van der Waals surface area contributed by atoms with Gasteiger partial charge in [0.05, 0.1) is 17.7 Å². The van der Waals surface area contributed by atoms with E-state index in [-0.39, 0.29) is 12.3 Å². The van der Waals surface area contributed by atoms with E-state index in [1.54, 1.807) is 12.4 Å². The molecule has 146 valence electrons. The fourth-order valence-corrected chi connectivity index (χ4v) is 4.04. The van der Waals surface area contributed by atoms with E-state index in [0.29, 0.717) is 16.9 Å². The molecule has 0 bridgehead atoms. The SMILES string of the molecule is Cc1ccc(NC(=O)Cc2nc(CSc3nnc(-c4cccnc4)o3)cs2)cc1. The van der Waals surface area contributed by atoms with Gasteiger partial charge in [0.25, 0.3) is 5.22 Å². The van der Waals surface area contributed by atoms with E-state index >= 15 is 0 Å². The number of aromatic nitrogens is 4. The number of aryl methyl sites for hydroxylation is 1. The van der Waals surface area contributed by atoms with Crippen LogP contribution in [0.2, 0.25) is 0 Å². The highest BCUT2D eigenvalue weighted by Crippen LogP contribution is 2.26. The van der Waals surface area contributed by atoms with Crippen LogP contribution in [0, 0.1) is 6.92 Å². The van der Waals surface area contributed by atoms with Crippen molar-refractivity contribution in [3.05, 3.63) is 70.4 Å². The van der Waals surface area contributed by atoms with Crippen LogP contribution in [-0.4, -0.2) is 26.1 Å². The summed E-state index contributed by atoms with van der Waals surface area (Å²) in [6.45, 7) is 2.01. The Balaban J connectivity index is 1.30. The Labute approximate surface area is 175 Å². The van der Waals surface area contributed by atoms with Gasteiger partial charge in [0.1, 0.15) is 5.01 Å². The van der Waals surface area contributed by atoms with Crippen molar-refractivity contribution in [2.24, 2.45) is 0 Å². The summed E-state index contributed by atoms with van der Waals surface area (Å²) in [7, 11) is 0. The Morgan fingerprint density at radius 2 is 2.07 bits per heavy atom. The molecule has 9 heteroatoms. The highest BCUT2D eigenvalue weighted by atomic mass is 32.2. The molecule has 4 rings (SSSR count). The molecule has 0 atom stereocenters. The van der Waals surface area contributed by atoms with Gasteiger partial charge in [0.15, 0.2) is 0 Å². The quantitative estimate of drug-likeness (QED) is 0.441. The summed E-state index contributed by atoms with van der Waals surface area (Å²) in [6.07, 6.45) is 3.61. The maximum Gasteiger partial charge on any atom is 0.277 e. The third-order valence-electron chi connectivity index (χ3n) is 3.90. The number of benzene rings is 1. The first-order valence-corrected chi connectivity index (χ1v) is 10.7. The van der Waals surface area contributed by atoms with Gasteiger partial charge >= 0.3 is 0 Å². The lowest BCUT2D eigenvalue weighted by Crippen LogP contribution is -2.14. The molecule has 0 aliphatic carbocycles. The van der Waals surface area contributed by atoms with Crippen molar-refractivity contribution in [3.63, 3.8) is 0 Å². The summed E-state index contributed by atoms with van der Waals surface area (Å²) in [5.41, 5.74) is 3.59. The van der Waals surface area contributed by atoms with E-state index in [1.165, 1.54) is 23.1 Å². The highest BCUT2D eigenvalue weighted by Gasteiger charge is 2.12. The molecule has 0 radical (unpaired) electrons. The molecule has 3 aromatic heterocycles. The Morgan fingerprint density at radius 3 is 2.86 bits per heavy atom. The zero-order valence-electron chi connectivity index (χ0n) is 15.5. The number of amides is 1. The lowest BCUT2D eigenvalue weighted by atomic mass is 10.2. The lowest BCUT2D eigenvalue weighted by molar-refractivity contribution is -0.115. The molecular weight excluding hydrogens is 406 g/mol. The monoisotopic (exact) mass is 423 g/mol. The first kappa shape index (κ1) is 19.3. The van der Waals surface area contributed by atoms with E-state index in [0.717, 1.165) is 27.5 Å². The topological polar surface area (TPSA) is 93.8 Å². The third kappa shape index (κ3) is 5.27. The summed E-state index contributed by atoms with van der Waals surface area (Å²) in [5.74, 6) is 0.942. The first-order valence-electron chi connectivity index (χ1n) is 8.82. The van der Waals surface area contributed by atoms with Crippen molar-refractivity contribution >= 4 is 34.7 Å². The maximum atomic E-state index is 12.2. The molecule has 29 heavy (non-hydrogen) atoms. The Morgan fingerprint density at radius 1 is 1.21 bits per heavy atom. The van der Waals surface area contributed by atoms with Gasteiger partial charge in [-0.25, -0.2) is 4.98 Å². The second kappa shape index (κ2) is 8.97. The van der Waals surface area contributed by atoms with E-state index < -0.39 is 0 Å². The van der Waals surface area contributed by atoms with Gasteiger partial charge in [-0.05, 0) is 31.2 Å². The van der Waals surface area contributed by atoms with Gasteiger partial charge < -0.3 is 9.73 Å². The van der Waals surface area contributed by atoms with Crippen LogP contribution in [0.3, 0.4) is 0 Å². The number of thiazole rings is 1. The minimum Gasteiger partial charge on any atom is -0.411 e. The molecule has 0 aliphatic heterocycles. The molecule has 0 fully saturated rings. The third-order valence-corrected chi connectivity index (χ3v) is 5.65. The van der Waals surface area contributed by atoms with Crippen molar-refractivity contribution in [2.45, 2.75) is 24.3 Å². The number of hydrogen-bond donors (Lipinski definition) is 1. The average Bonchev–Trinajstić information content (AvgIpc) is 3.38. The first-order chi connectivity index (χ1) is 14.2. The van der Waals surface area contributed by atoms with E-state index in [1.807, 2.05) is 48.7 Å². The van der Waals surface area contributed by atoms with Crippen molar-refractivity contribution < 1.29 is 9.21 Å². The number of hydrogen-bond acceptors (Lipinski definition) is 8. The van der Waals surface area contributed by atoms with E-state index in [2.05, 4.69) is 25.5 Å². The van der Waals surface area contributed by atoms with Crippen molar-refractivity contribution in [1.29, 1.82) is 0 Å². The molecule has 0 spiro atoms. The molecular formula is C20H17N5O2S2. The van der Waals surface area contributed by atoms with Gasteiger partial charge in [-0.1, -0.05) is 29.5 Å². The number of carbonyl (C=O) groups excluding carboxylic acids is 1. The Bertz CT molecular complexity index is 1090. The van der Waals surface area contributed by atoms with Crippen LogP contribution in [-0.2, 0) is 17.0 Å². The van der Waals surface area contributed by atoms with Crippen molar-refractivity contribution in [1.82, 2.24) is 20.2 Å². The molecule has 0 aliphatic rings. The van der Waals surface area contributed by atoms with Crippen LogP contribution in [0.5, 0.6) is 0 Å². The van der Waals surface area contributed by atoms with Crippen LogP contribution in [0.15, 0.2) is 63.8 Å². The largest absolute Gasteiger partial charge is 0.411 e.